The number of hydrogen-bond acceptors (Lipinski definition) is 6. The molecule has 2 amide bonds. The molecule has 0 radical (unpaired) electrons. The maximum atomic E-state index is 13.1. The van der Waals surface area contributed by atoms with Gasteiger partial charge in [-0.3, -0.25) is 14.5 Å². The summed E-state index contributed by atoms with van der Waals surface area (Å²) in [4.78, 5) is 34.7. The lowest BCUT2D eigenvalue weighted by atomic mass is 10.1. The number of thiazole rings is 1. The number of rotatable bonds is 6. The minimum atomic E-state index is -0.253. The van der Waals surface area contributed by atoms with Crippen LogP contribution >= 0.6 is 22.9 Å². The lowest BCUT2D eigenvalue weighted by molar-refractivity contribution is -0.114. The van der Waals surface area contributed by atoms with Crippen molar-refractivity contribution in [2.75, 3.05) is 36.4 Å². The van der Waals surface area contributed by atoms with E-state index in [0.29, 0.717) is 20.7 Å². The van der Waals surface area contributed by atoms with Crippen molar-refractivity contribution in [3.05, 3.63) is 52.6 Å². The number of hydrogen-bond donors (Lipinski definition) is 2. The van der Waals surface area contributed by atoms with E-state index in [-0.39, 0.29) is 17.9 Å². The molecule has 0 atom stereocenters. The van der Waals surface area contributed by atoms with E-state index in [9.17, 15) is 9.59 Å². The lowest BCUT2D eigenvalue weighted by Gasteiger charge is -2.32. The topological polar surface area (TPSA) is 77.6 Å². The summed E-state index contributed by atoms with van der Waals surface area (Å²) in [6.45, 7) is 3.70. The fourth-order valence-corrected chi connectivity index (χ4v) is 4.86. The smallest absolute Gasteiger partial charge is 0.267 e. The Balaban J connectivity index is 1.50. The minimum Gasteiger partial charge on any atom is -0.377 e. The zero-order chi connectivity index (χ0) is 21.6. The zero-order valence-electron chi connectivity index (χ0n) is 17.2. The molecular formula is C22H26ClN5O2S. The van der Waals surface area contributed by atoms with Crippen molar-refractivity contribution in [3.8, 4) is 0 Å². The third-order valence-electron chi connectivity index (χ3n) is 5.51. The zero-order valence-corrected chi connectivity index (χ0v) is 18.8. The Hall–Kier alpha value is -2.42. The molecule has 7 nitrogen and oxygen atoms in total. The van der Waals surface area contributed by atoms with Gasteiger partial charge < -0.3 is 15.5 Å². The van der Waals surface area contributed by atoms with Gasteiger partial charge in [-0.05, 0) is 63.0 Å². The molecule has 0 saturated carbocycles. The summed E-state index contributed by atoms with van der Waals surface area (Å²) < 4.78 is 0. The third-order valence-corrected chi connectivity index (χ3v) is 6.75. The number of anilines is 2. The van der Waals surface area contributed by atoms with Gasteiger partial charge in [0, 0.05) is 42.1 Å². The number of nitrogens with zero attached hydrogens (tertiary/aromatic N) is 3. The fourth-order valence-electron chi connectivity index (χ4n) is 3.84. The lowest BCUT2D eigenvalue weighted by Crippen LogP contribution is -2.46. The van der Waals surface area contributed by atoms with Gasteiger partial charge in [0.1, 0.15) is 4.88 Å². The van der Waals surface area contributed by atoms with Crippen molar-refractivity contribution in [1.82, 2.24) is 15.2 Å². The van der Waals surface area contributed by atoms with Gasteiger partial charge in [0.05, 0.1) is 6.20 Å². The molecule has 0 bridgehead atoms. The van der Waals surface area contributed by atoms with Crippen molar-refractivity contribution in [2.45, 2.75) is 31.7 Å². The van der Waals surface area contributed by atoms with Gasteiger partial charge in [0.25, 0.3) is 11.8 Å². The number of likely N-dealkylation sites (tertiary alicyclic amines) is 1. The number of piperidine rings is 1. The van der Waals surface area contributed by atoms with Gasteiger partial charge in [0.15, 0.2) is 5.13 Å². The summed E-state index contributed by atoms with van der Waals surface area (Å²) in [7, 11) is 0. The molecular weight excluding hydrogens is 434 g/mol. The highest BCUT2D eigenvalue weighted by Gasteiger charge is 2.28. The van der Waals surface area contributed by atoms with E-state index in [1.54, 1.807) is 35.2 Å². The molecule has 2 aliphatic heterocycles. The van der Waals surface area contributed by atoms with Crippen molar-refractivity contribution in [2.24, 2.45) is 0 Å². The Morgan fingerprint density at radius 3 is 2.61 bits per heavy atom. The summed E-state index contributed by atoms with van der Waals surface area (Å²) >= 11 is 7.14. The Kier molecular flexibility index (Phi) is 7.21. The number of benzene rings is 1. The summed E-state index contributed by atoms with van der Waals surface area (Å²) in [5.41, 5.74) is 0.657. The van der Waals surface area contributed by atoms with Crippen molar-refractivity contribution < 1.29 is 9.59 Å². The molecule has 0 unspecified atom stereocenters. The third kappa shape index (κ3) is 5.64. The van der Waals surface area contributed by atoms with Crippen LogP contribution in [-0.2, 0) is 4.79 Å². The van der Waals surface area contributed by atoms with Gasteiger partial charge in [-0.2, -0.15) is 0 Å². The molecule has 2 aromatic rings. The van der Waals surface area contributed by atoms with E-state index in [0.717, 1.165) is 51.9 Å². The molecule has 2 N–H and O–H groups in total. The maximum absolute atomic E-state index is 13.1. The molecule has 31 heavy (non-hydrogen) atoms. The van der Waals surface area contributed by atoms with E-state index in [1.807, 2.05) is 6.20 Å². The Morgan fingerprint density at radius 1 is 1.19 bits per heavy atom. The predicted molar refractivity (Wildman–Crippen MR) is 125 cm³/mol. The molecule has 2 aliphatic rings. The standard InChI is InChI=1S/C22H26ClN5O2S/c23-16-3-5-17(6-4-16)26-21(30)19-15-25-22(31-19)28(18-7-10-24-11-8-18)20(29)9-14-27-12-1-2-13-27/h3-6,9,14-15,18,24H,1-2,7-8,10-13H2,(H,26,30)/b14-9+. The van der Waals surface area contributed by atoms with Crippen molar-refractivity contribution in [1.29, 1.82) is 0 Å². The first-order valence-corrected chi connectivity index (χ1v) is 11.8. The van der Waals surface area contributed by atoms with Crippen LogP contribution in [0.4, 0.5) is 10.8 Å². The second-order valence-corrected chi connectivity index (χ2v) is 9.16. The van der Waals surface area contributed by atoms with Crippen LogP contribution in [0.25, 0.3) is 0 Å². The molecule has 9 heteroatoms. The first kappa shape index (κ1) is 21.8. The largest absolute Gasteiger partial charge is 0.377 e. The van der Waals surface area contributed by atoms with E-state index in [2.05, 4.69) is 20.5 Å². The molecule has 2 fully saturated rings. The maximum Gasteiger partial charge on any atom is 0.267 e. The summed E-state index contributed by atoms with van der Waals surface area (Å²) in [5.74, 6) is -0.339. The molecule has 2 saturated heterocycles. The number of amides is 2. The SMILES string of the molecule is O=C(Nc1ccc(Cl)cc1)c1cnc(N(C(=O)/C=C/N2CCCC2)C2CCNCC2)s1. The Bertz CT molecular complexity index is 934. The van der Waals surface area contributed by atoms with Crippen LogP contribution in [0.15, 0.2) is 42.7 Å². The highest BCUT2D eigenvalue weighted by molar-refractivity contribution is 7.17. The van der Waals surface area contributed by atoms with Crippen LogP contribution in [0.2, 0.25) is 5.02 Å². The summed E-state index contributed by atoms with van der Waals surface area (Å²) in [6, 6.07) is 7.00. The molecule has 0 spiro atoms. The van der Waals surface area contributed by atoms with Crippen LogP contribution < -0.4 is 15.5 Å². The molecule has 0 aliphatic carbocycles. The van der Waals surface area contributed by atoms with E-state index in [4.69, 9.17) is 11.6 Å². The van der Waals surface area contributed by atoms with Gasteiger partial charge in [0.2, 0.25) is 0 Å². The quantitative estimate of drug-likeness (QED) is 0.643. The van der Waals surface area contributed by atoms with Crippen LogP contribution in [-0.4, -0.2) is 53.9 Å². The van der Waals surface area contributed by atoms with Crippen LogP contribution in [0.1, 0.15) is 35.4 Å². The van der Waals surface area contributed by atoms with Gasteiger partial charge in [-0.15, -0.1) is 0 Å². The molecule has 1 aromatic carbocycles. The predicted octanol–water partition coefficient (Wildman–Crippen LogP) is 3.74. The van der Waals surface area contributed by atoms with E-state index < -0.39 is 0 Å². The van der Waals surface area contributed by atoms with E-state index >= 15 is 0 Å². The molecule has 164 valence electrons. The Morgan fingerprint density at radius 2 is 1.90 bits per heavy atom. The second kappa shape index (κ2) is 10.3. The summed E-state index contributed by atoms with van der Waals surface area (Å²) in [5, 5.41) is 7.35. The van der Waals surface area contributed by atoms with Gasteiger partial charge >= 0.3 is 0 Å². The first-order chi connectivity index (χ1) is 15.1. The number of carbonyl (C=O) groups excluding carboxylic acids is 2. The number of carbonyl (C=O) groups is 2. The number of aromatic nitrogens is 1. The van der Waals surface area contributed by atoms with Gasteiger partial charge in [-0.1, -0.05) is 22.9 Å². The molecule has 1 aromatic heterocycles. The average molecular weight is 460 g/mol. The summed E-state index contributed by atoms with van der Waals surface area (Å²) in [6.07, 6.45) is 9.11. The van der Waals surface area contributed by atoms with Crippen LogP contribution in [0, 0.1) is 0 Å². The van der Waals surface area contributed by atoms with E-state index in [1.165, 1.54) is 17.5 Å². The monoisotopic (exact) mass is 459 g/mol. The fraction of sp³-hybridized carbons (Fsp3) is 0.409. The second-order valence-electron chi connectivity index (χ2n) is 7.72. The van der Waals surface area contributed by atoms with Crippen LogP contribution in [0.5, 0.6) is 0 Å². The first-order valence-electron chi connectivity index (χ1n) is 10.6. The van der Waals surface area contributed by atoms with Gasteiger partial charge in [-0.25, -0.2) is 4.98 Å². The number of nitrogens with one attached hydrogen (secondary N) is 2. The molecule has 3 heterocycles. The van der Waals surface area contributed by atoms with Crippen molar-refractivity contribution in [3.63, 3.8) is 0 Å². The van der Waals surface area contributed by atoms with Crippen molar-refractivity contribution >= 4 is 45.6 Å². The van der Waals surface area contributed by atoms with Crippen LogP contribution in [0.3, 0.4) is 0 Å². The average Bonchev–Trinajstić information content (AvgIpc) is 3.47. The number of halogens is 1. The molecule has 4 rings (SSSR count). The Labute approximate surface area is 191 Å². The minimum absolute atomic E-state index is 0.0651. The normalized spacial score (nSPS) is 17.3. The highest BCUT2D eigenvalue weighted by Crippen LogP contribution is 2.28. The highest BCUT2D eigenvalue weighted by atomic mass is 35.5.